The van der Waals surface area contributed by atoms with E-state index in [0.717, 1.165) is 18.9 Å². The van der Waals surface area contributed by atoms with Crippen molar-refractivity contribution < 1.29 is 0 Å². The molecule has 2 heterocycles. The first-order valence-electron chi connectivity index (χ1n) is 5.05. The number of thiophene rings is 1. The molecule has 2 aromatic rings. The number of hydrogen-bond acceptors (Lipinski definition) is 4. The Bertz CT molecular complexity index is 444. The molecule has 0 fully saturated rings. The number of halogens is 1. The number of anilines is 1. The second-order valence-electron chi connectivity index (χ2n) is 3.28. The smallest absolute Gasteiger partial charge is 0.224 e. The maximum atomic E-state index is 5.78. The fraction of sp³-hybridized carbons (Fsp3) is 0.273. The number of nitrogens with zero attached hydrogens (tertiary/aromatic N) is 3. The molecule has 0 spiro atoms. The molecular formula is C11H12ClN3S. The minimum absolute atomic E-state index is 0.294. The minimum atomic E-state index is 0.294. The van der Waals surface area contributed by atoms with Gasteiger partial charge in [0.2, 0.25) is 5.28 Å². The molecule has 5 heteroatoms. The third-order valence-electron chi connectivity index (χ3n) is 2.24. The fourth-order valence-electron chi connectivity index (χ4n) is 1.45. The number of hydrogen-bond donors (Lipinski definition) is 0. The summed E-state index contributed by atoms with van der Waals surface area (Å²) in [4.78, 5) is 11.6. The fourth-order valence-corrected chi connectivity index (χ4v) is 2.31. The highest BCUT2D eigenvalue weighted by molar-refractivity contribution is 7.09. The van der Waals surface area contributed by atoms with Crippen molar-refractivity contribution in [1.82, 2.24) is 9.97 Å². The van der Waals surface area contributed by atoms with Crippen molar-refractivity contribution in [3.63, 3.8) is 0 Å². The predicted molar refractivity (Wildman–Crippen MR) is 68.1 cm³/mol. The van der Waals surface area contributed by atoms with Gasteiger partial charge in [0.25, 0.3) is 0 Å². The Kier molecular flexibility index (Phi) is 3.74. The van der Waals surface area contributed by atoms with E-state index in [0.29, 0.717) is 5.28 Å². The van der Waals surface area contributed by atoms with E-state index in [9.17, 15) is 0 Å². The van der Waals surface area contributed by atoms with Crippen LogP contribution in [0.3, 0.4) is 0 Å². The molecule has 0 N–H and O–H groups in total. The van der Waals surface area contributed by atoms with Gasteiger partial charge in [0.05, 0.1) is 6.54 Å². The van der Waals surface area contributed by atoms with Crippen LogP contribution in [0, 0.1) is 0 Å². The summed E-state index contributed by atoms with van der Waals surface area (Å²) in [5, 5.41) is 2.37. The predicted octanol–water partition coefficient (Wildman–Crippen LogP) is 3.22. The van der Waals surface area contributed by atoms with Crippen molar-refractivity contribution in [2.75, 3.05) is 11.4 Å². The highest BCUT2D eigenvalue weighted by atomic mass is 35.5. The molecule has 0 aliphatic carbocycles. The van der Waals surface area contributed by atoms with Gasteiger partial charge in [-0.2, -0.15) is 0 Å². The van der Waals surface area contributed by atoms with E-state index < -0.39 is 0 Å². The van der Waals surface area contributed by atoms with Crippen molar-refractivity contribution in [1.29, 1.82) is 0 Å². The first-order valence-corrected chi connectivity index (χ1v) is 6.31. The van der Waals surface area contributed by atoms with Crippen LogP contribution < -0.4 is 4.90 Å². The van der Waals surface area contributed by atoms with Crippen LogP contribution >= 0.6 is 22.9 Å². The van der Waals surface area contributed by atoms with Gasteiger partial charge >= 0.3 is 0 Å². The second-order valence-corrected chi connectivity index (χ2v) is 4.65. The van der Waals surface area contributed by atoms with E-state index in [2.05, 4.69) is 39.3 Å². The first kappa shape index (κ1) is 11.4. The monoisotopic (exact) mass is 253 g/mol. The summed E-state index contributed by atoms with van der Waals surface area (Å²) in [5.74, 6) is 0.871. The SMILES string of the molecule is CCN(Cc1cccs1)c1ccnc(Cl)n1. The molecule has 0 aliphatic heterocycles. The molecule has 2 aromatic heterocycles. The molecule has 0 aromatic carbocycles. The van der Waals surface area contributed by atoms with Gasteiger partial charge in [-0.05, 0) is 36.0 Å². The van der Waals surface area contributed by atoms with Gasteiger partial charge in [0.15, 0.2) is 0 Å². The second kappa shape index (κ2) is 5.27. The molecule has 0 saturated heterocycles. The van der Waals surface area contributed by atoms with E-state index in [4.69, 9.17) is 11.6 Å². The van der Waals surface area contributed by atoms with Gasteiger partial charge in [-0.1, -0.05) is 6.07 Å². The molecule has 3 nitrogen and oxygen atoms in total. The number of rotatable bonds is 4. The van der Waals surface area contributed by atoms with Crippen LogP contribution in [0.2, 0.25) is 5.28 Å². The zero-order valence-electron chi connectivity index (χ0n) is 8.93. The molecule has 84 valence electrons. The van der Waals surface area contributed by atoms with Crippen LogP contribution in [0.25, 0.3) is 0 Å². The van der Waals surface area contributed by atoms with E-state index in [-0.39, 0.29) is 0 Å². The zero-order chi connectivity index (χ0) is 11.4. The van der Waals surface area contributed by atoms with Gasteiger partial charge in [0.1, 0.15) is 5.82 Å². The summed E-state index contributed by atoms with van der Waals surface area (Å²) in [6, 6.07) is 6.06. The van der Waals surface area contributed by atoms with Crippen molar-refractivity contribution >= 4 is 28.8 Å². The summed E-state index contributed by atoms with van der Waals surface area (Å²) in [5.41, 5.74) is 0. The molecule has 0 amide bonds. The summed E-state index contributed by atoms with van der Waals surface area (Å²) in [6.45, 7) is 3.86. The summed E-state index contributed by atoms with van der Waals surface area (Å²) in [6.07, 6.45) is 1.68. The molecule has 0 unspecified atom stereocenters. The molecule has 0 atom stereocenters. The molecular weight excluding hydrogens is 242 g/mol. The van der Waals surface area contributed by atoms with Crippen LogP contribution in [-0.2, 0) is 6.54 Å². The lowest BCUT2D eigenvalue weighted by molar-refractivity contribution is 0.819. The third-order valence-corrected chi connectivity index (χ3v) is 3.29. The zero-order valence-corrected chi connectivity index (χ0v) is 10.5. The van der Waals surface area contributed by atoms with E-state index in [1.165, 1.54) is 4.88 Å². The summed E-state index contributed by atoms with van der Waals surface area (Å²) < 4.78 is 0. The molecule has 0 bridgehead atoms. The summed E-state index contributed by atoms with van der Waals surface area (Å²) >= 11 is 7.53. The molecule has 2 rings (SSSR count). The van der Waals surface area contributed by atoms with Gasteiger partial charge < -0.3 is 4.90 Å². The molecule has 16 heavy (non-hydrogen) atoms. The average Bonchev–Trinajstić information content (AvgIpc) is 2.78. The van der Waals surface area contributed by atoms with Crippen LogP contribution in [0.4, 0.5) is 5.82 Å². The Morgan fingerprint density at radius 1 is 1.44 bits per heavy atom. The van der Waals surface area contributed by atoms with Crippen molar-refractivity contribution in [3.05, 3.63) is 39.9 Å². The Labute approximate surface area is 104 Å². The largest absolute Gasteiger partial charge is 0.352 e. The van der Waals surface area contributed by atoms with Gasteiger partial charge in [-0.3, -0.25) is 0 Å². The third kappa shape index (κ3) is 2.71. The molecule has 0 saturated carbocycles. The van der Waals surface area contributed by atoms with Crippen LogP contribution in [-0.4, -0.2) is 16.5 Å². The Balaban J connectivity index is 2.16. The molecule has 0 aliphatic rings. The number of aromatic nitrogens is 2. The normalized spacial score (nSPS) is 10.4. The standard InChI is InChI=1S/C11H12ClN3S/c1-2-15(8-9-4-3-7-16-9)10-5-6-13-11(12)14-10/h3-7H,2,8H2,1H3. The highest BCUT2D eigenvalue weighted by Gasteiger charge is 2.07. The quantitative estimate of drug-likeness (QED) is 0.784. The van der Waals surface area contributed by atoms with E-state index in [1.54, 1.807) is 17.5 Å². The maximum Gasteiger partial charge on any atom is 0.224 e. The van der Waals surface area contributed by atoms with Gasteiger partial charge in [0, 0.05) is 17.6 Å². The van der Waals surface area contributed by atoms with Gasteiger partial charge in [-0.15, -0.1) is 11.3 Å². The van der Waals surface area contributed by atoms with E-state index >= 15 is 0 Å². The lowest BCUT2D eigenvalue weighted by atomic mass is 10.4. The van der Waals surface area contributed by atoms with Crippen molar-refractivity contribution in [2.45, 2.75) is 13.5 Å². The molecule has 0 radical (unpaired) electrons. The van der Waals surface area contributed by atoms with Crippen LogP contribution in [0.15, 0.2) is 29.8 Å². The van der Waals surface area contributed by atoms with Crippen molar-refractivity contribution in [3.8, 4) is 0 Å². The minimum Gasteiger partial charge on any atom is -0.352 e. The first-order chi connectivity index (χ1) is 7.79. The van der Waals surface area contributed by atoms with Crippen LogP contribution in [0.5, 0.6) is 0 Å². The highest BCUT2D eigenvalue weighted by Crippen LogP contribution is 2.17. The average molecular weight is 254 g/mol. The Hall–Kier alpha value is -1.13. The van der Waals surface area contributed by atoms with E-state index in [1.807, 2.05) is 6.07 Å². The Morgan fingerprint density at radius 2 is 2.31 bits per heavy atom. The topological polar surface area (TPSA) is 29.0 Å². The maximum absolute atomic E-state index is 5.78. The lowest BCUT2D eigenvalue weighted by Gasteiger charge is -2.20. The van der Waals surface area contributed by atoms with Gasteiger partial charge in [-0.25, -0.2) is 9.97 Å². The Morgan fingerprint density at radius 3 is 2.94 bits per heavy atom. The van der Waals surface area contributed by atoms with Crippen LogP contribution in [0.1, 0.15) is 11.8 Å². The lowest BCUT2D eigenvalue weighted by Crippen LogP contribution is -2.22. The van der Waals surface area contributed by atoms with Crippen molar-refractivity contribution in [2.24, 2.45) is 0 Å². The summed E-state index contributed by atoms with van der Waals surface area (Å²) in [7, 11) is 0.